The molecule has 1 saturated carbocycles. The van der Waals surface area contributed by atoms with Crippen LogP contribution in [0.3, 0.4) is 0 Å². The summed E-state index contributed by atoms with van der Waals surface area (Å²) in [7, 11) is 0. The molecule has 1 aliphatic rings. The highest BCUT2D eigenvalue weighted by molar-refractivity contribution is 4.82. The summed E-state index contributed by atoms with van der Waals surface area (Å²) in [6.45, 7) is 4.54. The fourth-order valence-corrected chi connectivity index (χ4v) is 3.38. The van der Waals surface area contributed by atoms with Crippen LogP contribution in [0, 0.1) is 0 Å². The van der Waals surface area contributed by atoms with Crippen LogP contribution in [0.15, 0.2) is 0 Å². The molecule has 0 bridgehead atoms. The summed E-state index contributed by atoms with van der Waals surface area (Å²) in [5.41, 5.74) is 0. The Bertz CT molecular complexity index is 209. The van der Waals surface area contributed by atoms with Crippen LogP contribution in [0.5, 0.6) is 0 Å². The third-order valence-corrected chi connectivity index (χ3v) is 4.74. The molecule has 0 saturated heterocycles. The smallest absolute Gasteiger partial charge is 0.0693 e. The van der Waals surface area contributed by atoms with E-state index in [0.717, 1.165) is 6.42 Å². The lowest BCUT2D eigenvalue weighted by molar-refractivity contribution is 0.111. The lowest BCUT2D eigenvalue weighted by Crippen LogP contribution is -2.45. The molecule has 0 spiro atoms. The molecule has 0 aromatic heterocycles. The van der Waals surface area contributed by atoms with E-state index in [1.807, 2.05) is 0 Å². The largest absolute Gasteiger partial charge is 0.392 e. The topological polar surface area (TPSA) is 32.3 Å². The summed E-state index contributed by atoms with van der Waals surface area (Å²) < 4.78 is 0. The lowest BCUT2D eigenvalue weighted by atomic mass is 9.98. The van der Waals surface area contributed by atoms with E-state index in [-0.39, 0.29) is 6.10 Å². The van der Waals surface area contributed by atoms with Crippen molar-refractivity contribution in [2.45, 2.75) is 116 Å². The van der Waals surface area contributed by atoms with Gasteiger partial charge in [0.15, 0.2) is 0 Å². The monoisotopic (exact) mass is 283 g/mol. The zero-order chi connectivity index (χ0) is 14.6. The van der Waals surface area contributed by atoms with Crippen LogP contribution in [-0.2, 0) is 0 Å². The summed E-state index contributed by atoms with van der Waals surface area (Å²) in [6, 6.07) is 0.983. The van der Waals surface area contributed by atoms with Crippen LogP contribution >= 0.6 is 0 Å². The Morgan fingerprint density at radius 1 is 0.900 bits per heavy atom. The van der Waals surface area contributed by atoms with Gasteiger partial charge in [-0.25, -0.2) is 0 Å². The molecular formula is C18H37NO. The first-order chi connectivity index (χ1) is 9.77. The lowest BCUT2D eigenvalue weighted by Gasteiger charge is -2.28. The van der Waals surface area contributed by atoms with Crippen molar-refractivity contribution < 1.29 is 5.11 Å². The van der Waals surface area contributed by atoms with Gasteiger partial charge in [-0.05, 0) is 25.7 Å². The van der Waals surface area contributed by atoms with Gasteiger partial charge in [0.2, 0.25) is 0 Å². The molecule has 0 aromatic rings. The van der Waals surface area contributed by atoms with Gasteiger partial charge in [0, 0.05) is 12.1 Å². The van der Waals surface area contributed by atoms with E-state index in [4.69, 9.17) is 0 Å². The molecule has 0 amide bonds. The van der Waals surface area contributed by atoms with E-state index >= 15 is 0 Å². The Kier molecular flexibility index (Phi) is 10.4. The van der Waals surface area contributed by atoms with Crippen molar-refractivity contribution in [2.24, 2.45) is 0 Å². The van der Waals surface area contributed by atoms with Crippen LogP contribution in [-0.4, -0.2) is 23.3 Å². The summed E-state index contributed by atoms with van der Waals surface area (Å²) in [6.07, 6.45) is 16.4. The van der Waals surface area contributed by atoms with Crippen molar-refractivity contribution in [1.82, 2.24) is 5.32 Å². The van der Waals surface area contributed by atoms with E-state index in [1.165, 1.54) is 77.0 Å². The minimum Gasteiger partial charge on any atom is -0.392 e. The molecule has 2 N–H and O–H groups in total. The van der Waals surface area contributed by atoms with E-state index in [0.29, 0.717) is 12.1 Å². The van der Waals surface area contributed by atoms with Gasteiger partial charge in [0.1, 0.15) is 0 Å². The predicted molar refractivity (Wildman–Crippen MR) is 88.1 cm³/mol. The molecule has 0 aliphatic heterocycles. The quantitative estimate of drug-likeness (QED) is 0.446. The molecule has 0 heterocycles. The van der Waals surface area contributed by atoms with Crippen LogP contribution < -0.4 is 5.32 Å². The number of hydrogen-bond acceptors (Lipinski definition) is 2. The number of rotatable bonds is 10. The van der Waals surface area contributed by atoms with E-state index in [9.17, 15) is 5.11 Å². The summed E-state index contributed by atoms with van der Waals surface area (Å²) in [4.78, 5) is 0. The Morgan fingerprint density at radius 3 is 2.10 bits per heavy atom. The van der Waals surface area contributed by atoms with Gasteiger partial charge in [-0.3, -0.25) is 0 Å². The Balaban J connectivity index is 2.38. The van der Waals surface area contributed by atoms with Crippen LogP contribution in [0.25, 0.3) is 0 Å². The van der Waals surface area contributed by atoms with Crippen molar-refractivity contribution in [3.8, 4) is 0 Å². The fourth-order valence-electron chi connectivity index (χ4n) is 3.38. The minimum atomic E-state index is -0.114. The van der Waals surface area contributed by atoms with Crippen molar-refractivity contribution in [1.29, 1.82) is 0 Å². The number of hydrogen-bond donors (Lipinski definition) is 2. The molecule has 120 valence electrons. The van der Waals surface area contributed by atoms with Crippen molar-refractivity contribution in [2.75, 3.05) is 0 Å². The average Bonchev–Trinajstić information content (AvgIpc) is 2.64. The van der Waals surface area contributed by atoms with E-state index in [2.05, 4.69) is 19.2 Å². The van der Waals surface area contributed by atoms with Crippen LogP contribution in [0.1, 0.15) is 97.3 Å². The second kappa shape index (κ2) is 11.6. The van der Waals surface area contributed by atoms with E-state index in [1.54, 1.807) is 0 Å². The van der Waals surface area contributed by atoms with Crippen LogP contribution in [0.2, 0.25) is 0 Å². The predicted octanol–water partition coefficient (Wildman–Crippen LogP) is 4.80. The molecule has 0 aromatic carbocycles. The van der Waals surface area contributed by atoms with Gasteiger partial charge >= 0.3 is 0 Å². The normalized spacial score (nSPS) is 24.0. The number of aliphatic hydroxyl groups is 1. The first kappa shape index (κ1) is 18.0. The standard InChI is InChI=1S/C18H37NO/c1-3-5-8-12-16(13-9-6-4-2)19-17-14-10-7-11-15-18(17)20/h16-20H,3-15H2,1-2H3. The Morgan fingerprint density at radius 2 is 1.50 bits per heavy atom. The molecule has 2 unspecified atom stereocenters. The Hall–Kier alpha value is -0.0800. The zero-order valence-electron chi connectivity index (χ0n) is 13.9. The van der Waals surface area contributed by atoms with Gasteiger partial charge in [0.25, 0.3) is 0 Å². The molecule has 1 aliphatic carbocycles. The highest BCUT2D eigenvalue weighted by Crippen LogP contribution is 2.20. The molecule has 20 heavy (non-hydrogen) atoms. The van der Waals surface area contributed by atoms with Crippen molar-refractivity contribution in [3.63, 3.8) is 0 Å². The van der Waals surface area contributed by atoms with Crippen molar-refractivity contribution in [3.05, 3.63) is 0 Å². The van der Waals surface area contributed by atoms with Gasteiger partial charge in [-0.15, -0.1) is 0 Å². The molecule has 1 rings (SSSR count). The molecule has 2 atom stereocenters. The maximum Gasteiger partial charge on any atom is 0.0693 e. The van der Waals surface area contributed by atoms with Gasteiger partial charge in [-0.1, -0.05) is 71.6 Å². The third kappa shape index (κ3) is 7.64. The molecule has 1 fully saturated rings. The number of nitrogens with one attached hydrogen (secondary N) is 1. The average molecular weight is 283 g/mol. The SMILES string of the molecule is CCCCCC(CCCCC)NC1CCCCCC1O. The van der Waals surface area contributed by atoms with E-state index < -0.39 is 0 Å². The summed E-state index contributed by atoms with van der Waals surface area (Å²) in [5.74, 6) is 0. The molecule has 0 radical (unpaired) electrons. The first-order valence-corrected chi connectivity index (χ1v) is 9.22. The molecule has 2 nitrogen and oxygen atoms in total. The summed E-state index contributed by atoms with van der Waals surface area (Å²) in [5, 5.41) is 14.1. The maximum absolute atomic E-state index is 10.3. The van der Waals surface area contributed by atoms with Gasteiger partial charge in [-0.2, -0.15) is 0 Å². The first-order valence-electron chi connectivity index (χ1n) is 9.22. The van der Waals surface area contributed by atoms with Gasteiger partial charge < -0.3 is 10.4 Å². The number of aliphatic hydroxyl groups excluding tert-OH is 1. The Labute approximate surface area is 126 Å². The highest BCUT2D eigenvalue weighted by Gasteiger charge is 2.23. The van der Waals surface area contributed by atoms with Crippen LogP contribution in [0.4, 0.5) is 0 Å². The number of unbranched alkanes of at least 4 members (excludes halogenated alkanes) is 4. The molecule has 2 heteroatoms. The molecular weight excluding hydrogens is 246 g/mol. The third-order valence-electron chi connectivity index (χ3n) is 4.74. The zero-order valence-corrected chi connectivity index (χ0v) is 13.9. The van der Waals surface area contributed by atoms with Gasteiger partial charge in [0.05, 0.1) is 6.10 Å². The fraction of sp³-hybridized carbons (Fsp3) is 1.00. The second-order valence-corrected chi connectivity index (χ2v) is 6.67. The minimum absolute atomic E-state index is 0.114. The summed E-state index contributed by atoms with van der Waals surface area (Å²) >= 11 is 0. The highest BCUT2D eigenvalue weighted by atomic mass is 16.3. The second-order valence-electron chi connectivity index (χ2n) is 6.67. The van der Waals surface area contributed by atoms with Crippen molar-refractivity contribution >= 4 is 0 Å². The maximum atomic E-state index is 10.3.